The number of nitrogens with one attached hydrogen (secondary N) is 2. The van der Waals surface area contributed by atoms with E-state index >= 15 is 0 Å². The highest BCUT2D eigenvalue weighted by Crippen LogP contribution is 2.40. The highest BCUT2D eigenvalue weighted by Gasteiger charge is 2.38. The van der Waals surface area contributed by atoms with Crippen molar-refractivity contribution in [2.45, 2.75) is 76.9 Å². The van der Waals surface area contributed by atoms with Crippen molar-refractivity contribution in [3.63, 3.8) is 0 Å². The van der Waals surface area contributed by atoms with Crippen LogP contribution in [0.3, 0.4) is 0 Å². The van der Waals surface area contributed by atoms with Crippen molar-refractivity contribution in [1.29, 1.82) is 0 Å². The van der Waals surface area contributed by atoms with Crippen molar-refractivity contribution in [3.05, 3.63) is 83.0 Å². The van der Waals surface area contributed by atoms with Gasteiger partial charge in [-0.15, -0.1) is 0 Å². The average Bonchev–Trinajstić information content (AvgIpc) is 3.32. The molecule has 190 valence electrons. The molecule has 3 N–H and O–H groups in total. The van der Waals surface area contributed by atoms with Crippen LogP contribution < -0.4 is 10.6 Å². The Kier molecular flexibility index (Phi) is 7.20. The van der Waals surface area contributed by atoms with E-state index in [-0.39, 0.29) is 23.9 Å². The van der Waals surface area contributed by atoms with Crippen LogP contribution in [-0.4, -0.2) is 26.8 Å². The van der Waals surface area contributed by atoms with Crippen LogP contribution in [0.25, 0.3) is 0 Å². The third-order valence-corrected chi connectivity index (χ3v) is 7.50. The lowest BCUT2D eigenvalue weighted by molar-refractivity contribution is -0.136. The van der Waals surface area contributed by atoms with Gasteiger partial charge in [-0.1, -0.05) is 68.4 Å². The molecule has 0 bridgehead atoms. The number of aromatic nitrogens is 2. The highest BCUT2D eigenvalue weighted by atomic mass is 16.4. The number of carbonyl (C=O) groups is 2. The van der Waals surface area contributed by atoms with Crippen LogP contribution in [0.4, 0.5) is 5.82 Å². The first kappa shape index (κ1) is 25.5. The number of anilines is 1. The Morgan fingerprint density at radius 2 is 1.78 bits per heavy atom. The summed E-state index contributed by atoms with van der Waals surface area (Å²) < 4.78 is 1.93. The van der Waals surface area contributed by atoms with Gasteiger partial charge in [0.05, 0.1) is 23.3 Å². The van der Waals surface area contributed by atoms with E-state index in [1.165, 1.54) is 5.56 Å². The standard InChI is InChI=1S/C29H36N4O3/c1-5-29(6-2,22-15-12-20(13-16-22)14-17-25(34)35)32-27(36)23-19-30-33-26(23)31-24(18-28(33,3)4)21-10-8-7-9-11-21/h7-13,15-16,19,24,31H,5-6,14,17-18H2,1-4H3,(H,32,36)(H,34,35). The van der Waals surface area contributed by atoms with Crippen LogP contribution in [0.15, 0.2) is 60.8 Å². The van der Waals surface area contributed by atoms with Gasteiger partial charge in [-0.05, 0) is 56.2 Å². The van der Waals surface area contributed by atoms with Crippen LogP contribution in [0.5, 0.6) is 0 Å². The van der Waals surface area contributed by atoms with Gasteiger partial charge >= 0.3 is 5.97 Å². The number of nitrogens with zero attached hydrogens (tertiary/aromatic N) is 2. The van der Waals surface area contributed by atoms with Gasteiger partial charge in [0.1, 0.15) is 11.4 Å². The number of carboxylic acids is 1. The lowest BCUT2D eigenvalue weighted by Crippen LogP contribution is -2.45. The van der Waals surface area contributed by atoms with E-state index in [2.05, 4.69) is 55.6 Å². The van der Waals surface area contributed by atoms with Gasteiger partial charge in [0, 0.05) is 6.42 Å². The molecule has 1 aliphatic rings. The monoisotopic (exact) mass is 488 g/mol. The molecular weight excluding hydrogens is 452 g/mol. The van der Waals surface area contributed by atoms with E-state index in [9.17, 15) is 9.59 Å². The number of amides is 1. The summed E-state index contributed by atoms with van der Waals surface area (Å²) in [6.07, 6.45) is 4.55. The van der Waals surface area contributed by atoms with Gasteiger partial charge < -0.3 is 15.7 Å². The van der Waals surface area contributed by atoms with Crippen molar-refractivity contribution in [2.24, 2.45) is 0 Å². The van der Waals surface area contributed by atoms with Crippen molar-refractivity contribution >= 4 is 17.7 Å². The van der Waals surface area contributed by atoms with Crippen molar-refractivity contribution in [3.8, 4) is 0 Å². The fourth-order valence-corrected chi connectivity index (χ4v) is 5.23. The number of fused-ring (bicyclic) bond motifs is 1. The molecule has 0 spiro atoms. The Bertz CT molecular complexity index is 1210. The van der Waals surface area contributed by atoms with Gasteiger partial charge in [-0.25, -0.2) is 4.68 Å². The highest BCUT2D eigenvalue weighted by molar-refractivity contribution is 5.99. The first-order chi connectivity index (χ1) is 17.2. The van der Waals surface area contributed by atoms with E-state index in [0.717, 1.165) is 36.2 Å². The summed E-state index contributed by atoms with van der Waals surface area (Å²) in [4.78, 5) is 24.6. The van der Waals surface area contributed by atoms with Gasteiger partial charge in [0.2, 0.25) is 0 Å². The van der Waals surface area contributed by atoms with Gasteiger partial charge in [-0.3, -0.25) is 9.59 Å². The average molecular weight is 489 g/mol. The molecule has 0 saturated heterocycles. The van der Waals surface area contributed by atoms with Crippen LogP contribution in [0.2, 0.25) is 0 Å². The number of benzene rings is 2. The molecule has 4 rings (SSSR count). The molecule has 36 heavy (non-hydrogen) atoms. The Morgan fingerprint density at radius 3 is 2.39 bits per heavy atom. The summed E-state index contributed by atoms with van der Waals surface area (Å²) in [7, 11) is 0. The van der Waals surface area contributed by atoms with Gasteiger partial charge in [0.25, 0.3) is 5.91 Å². The number of aliphatic carboxylic acids is 1. The summed E-state index contributed by atoms with van der Waals surface area (Å²) in [5.41, 5.74) is 2.91. The molecule has 0 aliphatic carbocycles. The normalized spacial score (nSPS) is 16.6. The van der Waals surface area contributed by atoms with E-state index < -0.39 is 11.5 Å². The van der Waals surface area contributed by atoms with E-state index in [4.69, 9.17) is 5.11 Å². The molecule has 1 aromatic heterocycles. The van der Waals surface area contributed by atoms with E-state index in [1.54, 1.807) is 6.20 Å². The molecule has 2 aromatic carbocycles. The quantitative estimate of drug-likeness (QED) is 0.362. The number of aryl methyl sites for hydroxylation is 1. The Labute approximate surface area is 212 Å². The molecule has 2 heterocycles. The summed E-state index contributed by atoms with van der Waals surface area (Å²) >= 11 is 0. The van der Waals surface area contributed by atoms with Crippen LogP contribution >= 0.6 is 0 Å². The molecule has 1 atom stereocenters. The van der Waals surface area contributed by atoms with E-state index in [1.807, 2.05) is 47.1 Å². The zero-order chi connectivity index (χ0) is 25.9. The maximum Gasteiger partial charge on any atom is 0.303 e. The number of hydrogen-bond acceptors (Lipinski definition) is 4. The molecular formula is C29H36N4O3. The van der Waals surface area contributed by atoms with E-state index in [0.29, 0.717) is 12.0 Å². The first-order valence-corrected chi connectivity index (χ1v) is 12.7. The van der Waals surface area contributed by atoms with Gasteiger partial charge in [-0.2, -0.15) is 5.10 Å². The SMILES string of the molecule is CCC(CC)(NC(=O)c1cnn2c1NC(c1ccccc1)CC2(C)C)c1ccc(CCC(=O)O)cc1. The summed E-state index contributed by atoms with van der Waals surface area (Å²) in [6.45, 7) is 8.44. The zero-order valence-electron chi connectivity index (χ0n) is 21.5. The molecule has 3 aromatic rings. The van der Waals surface area contributed by atoms with Crippen LogP contribution in [-0.2, 0) is 22.3 Å². The molecule has 1 aliphatic heterocycles. The minimum Gasteiger partial charge on any atom is -0.481 e. The Morgan fingerprint density at radius 1 is 1.11 bits per heavy atom. The summed E-state index contributed by atoms with van der Waals surface area (Å²) in [5, 5.41) is 20.5. The van der Waals surface area contributed by atoms with Crippen molar-refractivity contribution in [2.75, 3.05) is 5.32 Å². The lowest BCUT2D eigenvalue weighted by Gasteiger charge is -2.38. The van der Waals surface area contributed by atoms with Gasteiger partial charge in [0.15, 0.2) is 0 Å². The fraction of sp³-hybridized carbons (Fsp3) is 0.414. The lowest BCUT2D eigenvalue weighted by atomic mass is 9.83. The predicted molar refractivity (Wildman–Crippen MR) is 141 cm³/mol. The molecule has 0 radical (unpaired) electrons. The molecule has 0 saturated carbocycles. The van der Waals surface area contributed by atoms with Crippen molar-refractivity contribution < 1.29 is 14.7 Å². The third kappa shape index (κ3) is 5.01. The molecule has 0 fully saturated rings. The number of carboxylic acid groups (broad SMARTS) is 1. The second kappa shape index (κ2) is 10.2. The Hall–Kier alpha value is -3.61. The minimum atomic E-state index is -0.807. The molecule has 1 amide bonds. The fourth-order valence-electron chi connectivity index (χ4n) is 5.23. The smallest absolute Gasteiger partial charge is 0.303 e. The first-order valence-electron chi connectivity index (χ1n) is 12.7. The largest absolute Gasteiger partial charge is 0.481 e. The number of carbonyl (C=O) groups excluding carboxylic acids is 1. The second-order valence-corrected chi connectivity index (χ2v) is 10.3. The predicted octanol–water partition coefficient (Wildman–Crippen LogP) is 5.64. The number of hydrogen-bond donors (Lipinski definition) is 3. The zero-order valence-corrected chi connectivity index (χ0v) is 21.5. The number of rotatable bonds is 9. The molecule has 1 unspecified atom stereocenters. The molecule has 7 heteroatoms. The summed E-state index contributed by atoms with van der Waals surface area (Å²) in [5.74, 6) is -0.228. The Balaban J connectivity index is 1.60. The van der Waals surface area contributed by atoms with Crippen LogP contribution in [0, 0.1) is 0 Å². The molecule has 7 nitrogen and oxygen atoms in total. The minimum absolute atomic E-state index is 0.0809. The maximum atomic E-state index is 13.7. The summed E-state index contributed by atoms with van der Waals surface area (Å²) in [6, 6.07) is 18.3. The maximum absolute atomic E-state index is 13.7. The topological polar surface area (TPSA) is 96.3 Å². The third-order valence-electron chi connectivity index (χ3n) is 7.50. The van der Waals surface area contributed by atoms with Crippen molar-refractivity contribution in [1.82, 2.24) is 15.1 Å². The van der Waals surface area contributed by atoms with Crippen LogP contribution in [0.1, 0.15) is 86.5 Å². The second-order valence-electron chi connectivity index (χ2n) is 10.3.